The molecule has 0 aliphatic carbocycles. The Morgan fingerprint density at radius 1 is 1.07 bits per heavy atom. The molecule has 4 aromatic rings. The van der Waals surface area contributed by atoms with Crippen LogP contribution in [0.5, 0.6) is 0 Å². The van der Waals surface area contributed by atoms with Crippen LogP contribution in [0.25, 0.3) is 11.3 Å². The summed E-state index contributed by atoms with van der Waals surface area (Å²) < 4.78 is 18.7. The van der Waals surface area contributed by atoms with Gasteiger partial charge in [0.25, 0.3) is 5.91 Å². The largest absolute Gasteiger partial charge is 0.391 e. The van der Waals surface area contributed by atoms with Gasteiger partial charge in [0, 0.05) is 36.3 Å². The Bertz CT molecular complexity index is 1560. The second kappa shape index (κ2) is 11.1. The van der Waals surface area contributed by atoms with Gasteiger partial charge in [-0.3, -0.25) is 9.59 Å². The highest BCUT2D eigenvalue weighted by Crippen LogP contribution is 2.46. The third-order valence-electron chi connectivity index (χ3n) is 8.12. The molecule has 2 amide bonds. The molecule has 3 atom stereocenters. The monoisotopic (exact) mass is 573 g/mol. The first kappa shape index (κ1) is 27.2. The van der Waals surface area contributed by atoms with Crippen molar-refractivity contribution in [2.45, 2.75) is 38.0 Å². The summed E-state index contributed by atoms with van der Waals surface area (Å²) in [7, 11) is 0. The van der Waals surface area contributed by atoms with Crippen molar-refractivity contribution in [3.8, 4) is 11.3 Å². The molecule has 3 aromatic carbocycles. The van der Waals surface area contributed by atoms with E-state index >= 15 is 0 Å². The number of carbonyl (C=O) groups is 2. The van der Waals surface area contributed by atoms with Gasteiger partial charge in [-0.05, 0) is 66.8 Å². The van der Waals surface area contributed by atoms with Gasteiger partial charge in [-0.2, -0.15) is 0 Å². The Balaban J connectivity index is 1.28. The molecule has 1 spiro atoms. The maximum Gasteiger partial charge on any atom is 0.292 e. The van der Waals surface area contributed by atoms with Gasteiger partial charge < -0.3 is 19.4 Å². The van der Waals surface area contributed by atoms with Crippen LogP contribution in [-0.2, 0) is 11.3 Å². The van der Waals surface area contributed by atoms with Crippen molar-refractivity contribution in [1.29, 1.82) is 0 Å². The lowest BCUT2D eigenvalue weighted by molar-refractivity contribution is -0.165. The number of carbonyl (C=O) groups excluding carboxylic acids is 2. The van der Waals surface area contributed by atoms with Crippen LogP contribution >= 0.6 is 11.6 Å². The van der Waals surface area contributed by atoms with Crippen LogP contribution in [0.2, 0.25) is 5.02 Å². The topological polar surface area (TPSA) is 86.9 Å². The standard InChI is InChI=1S/C32H29ClFN3O4/c33-24-9-4-6-21(16-24)19-37-29(23-7-2-1-3-8-23)27(38)18-32(31(37)40)14-5-15-36(20-32)30(39)28-17-26(35-41-28)22-10-12-25(34)13-11-22/h1-4,6-13,16-17,27,29,38H,5,14-15,18-20H2/t27-,29+,32+/m1/s1. The molecule has 1 N–H and O–H groups in total. The Morgan fingerprint density at radius 3 is 2.61 bits per heavy atom. The van der Waals surface area contributed by atoms with Crippen LogP contribution in [-0.4, -0.2) is 51.1 Å². The lowest BCUT2D eigenvalue weighted by Gasteiger charge is -2.51. The smallest absolute Gasteiger partial charge is 0.292 e. The van der Waals surface area contributed by atoms with Crippen molar-refractivity contribution in [2.75, 3.05) is 13.1 Å². The first-order chi connectivity index (χ1) is 19.8. The number of amides is 2. The summed E-state index contributed by atoms with van der Waals surface area (Å²) in [5, 5.41) is 16.1. The predicted octanol–water partition coefficient (Wildman–Crippen LogP) is 5.89. The number of hydrogen-bond donors (Lipinski definition) is 1. The second-order valence-electron chi connectivity index (χ2n) is 10.9. The molecule has 2 aliphatic rings. The Hall–Kier alpha value is -4.01. The number of aliphatic hydroxyl groups is 1. The molecule has 0 radical (unpaired) electrons. The zero-order valence-corrected chi connectivity index (χ0v) is 23.0. The van der Waals surface area contributed by atoms with Gasteiger partial charge in [0.1, 0.15) is 11.5 Å². The van der Waals surface area contributed by atoms with Gasteiger partial charge in [-0.1, -0.05) is 59.2 Å². The van der Waals surface area contributed by atoms with Gasteiger partial charge in [-0.15, -0.1) is 0 Å². The molecule has 41 heavy (non-hydrogen) atoms. The van der Waals surface area contributed by atoms with E-state index in [4.69, 9.17) is 16.1 Å². The molecule has 2 saturated heterocycles. The number of halogens is 2. The highest BCUT2D eigenvalue weighted by atomic mass is 35.5. The third kappa shape index (κ3) is 5.37. The summed E-state index contributed by atoms with van der Waals surface area (Å²) in [6.07, 6.45) is 0.555. The van der Waals surface area contributed by atoms with Gasteiger partial charge >= 0.3 is 0 Å². The van der Waals surface area contributed by atoms with Crippen LogP contribution in [0.15, 0.2) is 89.5 Å². The van der Waals surface area contributed by atoms with E-state index in [1.165, 1.54) is 18.2 Å². The number of rotatable bonds is 5. The molecule has 0 bridgehead atoms. The van der Waals surface area contributed by atoms with E-state index in [-0.39, 0.29) is 42.9 Å². The van der Waals surface area contributed by atoms with Gasteiger partial charge in [0.05, 0.1) is 17.6 Å². The summed E-state index contributed by atoms with van der Waals surface area (Å²) in [5.74, 6) is -0.800. The fraction of sp³-hybridized carbons (Fsp3) is 0.281. The van der Waals surface area contributed by atoms with Crippen molar-refractivity contribution in [3.63, 3.8) is 0 Å². The minimum atomic E-state index is -0.947. The van der Waals surface area contributed by atoms with Crippen LogP contribution in [0.3, 0.4) is 0 Å². The van der Waals surface area contributed by atoms with E-state index in [0.717, 1.165) is 11.1 Å². The molecular formula is C32H29ClFN3O4. The number of aliphatic hydroxyl groups excluding tert-OH is 1. The molecule has 3 heterocycles. The molecular weight excluding hydrogens is 545 g/mol. The Morgan fingerprint density at radius 2 is 1.85 bits per heavy atom. The van der Waals surface area contributed by atoms with E-state index in [2.05, 4.69) is 5.16 Å². The zero-order valence-electron chi connectivity index (χ0n) is 22.2. The molecule has 210 valence electrons. The summed E-state index contributed by atoms with van der Waals surface area (Å²) in [6.45, 7) is 0.879. The van der Waals surface area contributed by atoms with Crippen LogP contribution in [0.1, 0.15) is 47.0 Å². The summed E-state index contributed by atoms with van der Waals surface area (Å²) in [4.78, 5) is 31.3. The molecule has 0 saturated carbocycles. The number of nitrogens with zero attached hydrogens (tertiary/aromatic N) is 3. The lowest BCUT2D eigenvalue weighted by atomic mass is 9.69. The molecule has 2 fully saturated rings. The molecule has 0 unspecified atom stereocenters. The highest BCUT2D eigenvalue weighted by molar-refractivity contribution is 6.30. The number of aromatic nitrogens is 1. The average Bonchev–Trinajstić information content (AvgIpc) is 3.47. The number of likely N-dealkylation sites (tertiary alicyclic amines) is 2. The summed E-state index contributed by atoms with van der Waals surface area (Å²) in [6, 6.07) is 23.7. The van der Waals surface area contributed by atoms with Gasteiger partial charge in [-0.25, -0.2) is 4.39 Å². The maximum atomic E-state index is 14.4. The molecule has 6 rings (SSSR count). The number of benzene rings is 3. The number of hydrogen-bond acceptors (Lipinski definition) is 5. The van der Waals surface area contributed by atoms with E-state index < -0.39 is 17.6 Å². The maximum absolute atomic E-state index is 14.4. The first-order valence-electron chi connectivity index (χ1n) is 13.6. The minimum absolute atomic E-state index is 0.0446. The summed E-state index contributed by atoms with van der Waals surface area (Å²) >= 11 is 6.26. The molecule has 1 aromatic heterocycles. The van der Waals surface area contributed by atoms with E-state index in [1.54, 1.807) is 28.0 Å². The van der Waals surface area contributed by atoms with Crippen LogP contribution in [0.4, 0.5) is 4.39 Å². The van der Waals surface area contributed by atoms with E-state index in [1.807, 2.05) is 48.5 Å². The SMILES string of the molecule is O=C(c1cc(-c2ccc(F)cc2)no1)N1CCC[C@]2(C[C@@H](O)[C@H](c3ccccc3)N(Cc3cccc(Cl)c3)C2=O)C1. The molecule has 9 heteroatoms. The summed E-state index contributed by atoms with van der Waals surface area (Å²) in [5.41, 5.74) is 1.80. The zero-order chi connectivity index (χ0) is 28.6. The van der Waals surface area contributed by atoms with Crippen molar-refractivity contribution in [2.24, 2.45) is 5.41 Å². The number of piperidine rings is 2. The van der Waals surface area contributed by atoms with Crippen molar-refractivity contribution in [1.82, 2.24) is 15.0 Å². The fourth-order valence-electron chi connectivity index (χ4n) is 6.23. The lowest BCUT2D eigenvalue weighted by Crippen LogP contribution is -2.61. The van der Waals surface area contributed by atoms with Crippen LogP contribution < -0.4 is 0 Å². The van der Waals surface area contributed by atoms with Crippen molar-refractivity contribution in [3.05, 3.63) is 113 Å². The quantitative estimate of drug-likeness (QED) is 0.322. The van der Waals surface area contributed by atoms with E-state index in [0.29, 0.717) is 35.7 Å². The fourth-order valence-corrected chi connectivity index (χ4v) is 6.44. The third-order valence-corrected chi connectivity index (χ3v) is 8.36. The van der Waals surface area contributed by atoms with Crippen molar-refractivity contribution >= 4 is 23.4 Å². The highest BCUT2D eigenvalue weighted by Gasteiger charge is 2.53. The van der Waals surface area contributed by atoms with E-state index in [9.17, 15) is 19.1 Å². The van der Waals surface area contributed by atoms with Gasteiger partial charge in [0.15, 0.2) is 0 Å². The van der Waals surface area contributed by atoms with Crippen LogP contribution in [0, 0.1) is 11.2 Å². The average molecular weight is 574 g/mol. The van der Waals surface area contributed by atoms with Gasteiger partial charge in [0.2, 0.25) is 11.7 Å². The molecule has 7 nitrogen and oxygen atoms in total. The minimum Gasteiger partial charge on any atom is -0.391 e. The van der Waals surface area contributed by atoms with Crippen molar-refractivity contribution < 1.29 is 23.6 Å². The first-order valence-corrected chi connectivity index (χ1v) is 14.0. The molecule has 2 aliphatic heterocycles. The predicted molar refractivity (Wildman–Crippen MR) is 151 cm³/mol. The Labute approximate surface area is 242 Å². The normalized spacial score (nSPS) is 22.8. The Kier molecular flexibility index (Phi) is 7.36. The second-order valence-corrected chi connectivity index (χ2v) is 11.3.